The van der Waals surface area contributed by atoms with Crippen molar-refractivity contribution >= 4 is 0 Å². The molecule has 1 aliphatic rings. The molecule has 0 spiro atoms. The predicted molar refractivity (Wildman–Crippen MR) is 50.6 cm³/mol. The molecule has 0 saturated heterocycles. The molecule has 0 amide bonds. The van der Waals surface area contributed by atoms with Crippen LogP contribution in [0.2, 0.25) is 0 Å². The Balaban J connectivity index is 2.48. The van der Waals surface area contributed by atoms with E-state index in [1.54, 1.807) is 5.57 Å². The zero-order valence-corrected chi connectivity index (χ0v) is 8.06. The summed E-state index contributed by atoms with van der Waals surface area (Å²) in [4.78, 5) is 0. The highest BCUT2D eigenvalue weighted by Crippen LogP contribution is 2.30. The average Bonchev–Trinajstić information content (AvgIpc) is 2.05. The lowest BCUT2D eigenvalue weighted by atomic mass is 9.83. The first-order chi connectivity index (χ1) is 5.24. The van der Waals surface area contributed by atoms with Crippen molar-refractivity contribution in [1.82, 2.24) is 0 Å². The van der Waals surface area contributed by atoms with Crippen LogP contribution < -0.4 is 0 Å². The molecule has 0 heterocycles. The van der Waals surface area contributed by atoms with Gasteiger partial charge >= 0.3 is 0 Å². The van der Waals surface area contributed by atoms with E-state index in [0.29, 0.717) is 0 Å². The molecular weight excluding hydrogens is 132 g/mol. The highest BCUT2D eigenvalue weighted by atomic mass is 14.2. The Morgan fingerprint density at radius 2 is 2.27 bits per heavy atom. The predicted octanol–water partition coefficient (Wildman–Crippen LogP) is 3.78. The molecule has 64 valence electrons. The summed E-state index contributed by atoms with van der Waals surface area (Å²) in [6.07, 6.45) is 7.94. The van der Waals surface area contributed by atoms with Crippen molar-refractivity contribution in [3.63, 3.8) is 0 Å². The monoisotopic (exact) mass is 152 g/mol. The van der Waals surface area contributed by atoms with Crippen molar-refractivity contribution in [2.24, 2.45) is 11.8 Å². The van der Waals surface area contributed by atoms with Gasteiger partial charge < -0.3 is 0 Å². The first-order valence-corrected chi connectivity index (χ1v) is 4.93. The molecule has 1 unspecified atom stereocenters. The number of rotatable bonds is 2. The van der Waals surface area contributed by atoms with Crippen molar-refractivity contribution in [3.8, 4) is 0 Å². The SMILES string of the molecule is CCC1CCC=C(C(C)C)C1. The fourth-order valence-electron chi connectivity index (χ4n) is 1.84. The van der Waals surface area contributed by atoms with Crippen molar-refractivity contribution in [1.29, 1.82) is 0 Å². The fourth-order valence-corrected chi connectivity index (χ4v) is 1.84. The van der Waals surface area contributed by atoms with Crippen molar-refractivity contribution < 1.29 is 0 Å². The van der Waals surface area contributed by atoms with Crippen LogP contribution in [0.15, 0.2) is 11.6 Å². The zero-order chi connectivity index (χ0) is 8.27. The molecule has 0 aromatic carbocycles. The molecule has 1 atom stereocenters. The summed E-state index contributed by atoms with van der Waals surface area (Å²) >= 11 is 0. The van der Waals surface area contributed by atoms with Gasteiger partial charge in [-0.2, -0.15) is 0 Å². The van der Waals surface area contributed by atoms with Gasteiger partial charge in [0, 0.05) is 0 Å². The maximum atomic E-state index is 2.46. The Kier molecular flexibility index (Phi) is 3.16. The molecule has 0 heteroatoms. The molecule has 0 bridgehead atoms. The maximum Gasteiger partial charge on any atom is -0.0260 e. The number of hydrogen-bond acceptors (Lipinski definition) is 0. The van der Waals surface area contributed by atoms with Crippen LogP contribution in [0, 0.1) is 11.8 Å². The summed E-state index contributed by atoms with van der Waals surface area (Å²) in [5, 5.41) is 0. The molecule has 1 aliphatic carbocycles. The number of hydrogen-bond donors (Lipinski definition) is 0. The summed E-state index contributed by atoms with van der Waals surface area (Å²) in [7, 11) is 0. The fraction of sp³-hybridized carbons (Fsp3) is 0.818. The molecular formula is C11H20. The van der Waals surface area contributed by atoms with Gasteiger partial charge in [-0.3, -0.25) is 0 Å². The van der Waals surface area contributed by atoms with Crippen LogP contribution in [-0.2, 0) is 0 Å². The molecule has 0 aliphatic heterocycles. The molecule has 0 N–H and O–H groups in total. The van der Waals surface area contributed by atoms with Crippen LogP contribution in [0.1, 0.15) is 46.5 Å². The van der Waals surface area contributed by atoms with E-state index in [-0.39, 0.29) is 0 Å². The van der Waals surface area contributed by atoms with Crippen LogP contribution >= 0.6 is 0 Å². The van der Waals surface area contributed by atoms with Crippen molar-refractivity contribution in [2.45, 2.75) is 46.5 Å². The highest BCUT2D eigenvalue weighted by Gasteiger charge is 2.14. The van der Waals surface area contributed by atoms with E-state index in [9.17, 15) is 0 Å². The second-order valence-corrected chi connectivity index (χ2v) is 3.99. The molecule has 0 radical (unpaired) electrons. The lowest BCUT2D eigenvalue weighted by molar-refractivity contribution is 0.431. The van der Waals surface area contributed by atoms with E-state index in [1.165, 1.54) is 25.7 Å². The second-order valence-electron chi connectivity index (χ2n) is 3.99. The molecule has 0 aromatic heterocycles. The Morgan fingerprint density at radius 1 is 1.55 bits per heavy atom. The Labute approximate surface area is 70.7 Å². The van der Waals surface area contributed by atoms with Gasteiger partial charge in [0.15, 0.2) is 0 Å². The van der Waals surface area contributed by atoms with E-state index in [0.717, 1.165) is 11.8 Å². The Bertz CT molecular complexity index is 142. The van der Waals surface area contributed by atoms with E-state index < -0.39 is 0 Å². The largest absolute Gasteiger partial charge is 0.0851 e. The van der Waals surface area contributed by atoms with Crippen LogP contribution in [0.4, 0.5) is 0 Å². The third kappa shape index (κ3) is 2.36. The lowest BCUT2D eigenvalue weighted by Crippen LogP contribution is -2.08. The molecule has 0 nitrogen and oxygen atoms in total. The van der Waals surface area contributed by atoms with Gasteiger partial charge in [-0.25, -0.2) is 0 Å². The van der Waals surface area contributed by atoms with E-state index in [1.807, 2.05) is 0 Å². The normalized spacial score (nSPS) is 25.5. The molecule has 0 saturated carbocycles. The topological polar surface area (TPSA) is 0 Å². The minimum Gasteiger partial charge on any atom is -0.0851 e. The molecule has 1 rings (SSSR count). The van der Waals surface area contributed by atoms with Gasteiger partial charge in [0.25, 0.3) is 0 Å². The summed E-state index contributed by atoms with van der Waals surface area (Å²) in [6.45, 7) is 6.93. The average molecular weight is 152 g/mol. The maximum absolute atomic E-state index is 2.46. The zero-order valence-electron chi connectivity index (χ0n) is 8.06. The van der Waals surface area contributed by atoms with Gasteiger partial charge in [0.05, 0.1) is 0 Å². The van der Waals surface area contributed by atoms with Gasteiger partial charge in [-0.05, 0) is 31.1 Å². The first kappa shape index (κ1) is 8.83. The lowest BCUT2D eigenvalue weighted by Gasteiger charge is -2.23. The standard InChI is InChI=1S/C11H20/c1-4-10-6-5-7-11(8-10)9(2)3/h7,9-10H,4-6,8H2,1-3H3. The Morgan fingerprint density at radius 3 is 2.82 bits per heavy atom. The minimum atomic E-state index is 0.782. The van der Waals surface area contributed by atoms with E-state index in [2.05, 4.69) is 26.8 Å². The highest BCUT2D eigenvalue weighted by molar-refractivity contribution is 5.08. The Hall–Kier alpha value is -0.260. The van der Waals surface area contributed by atoms with Crippen LogP contribution in [-0.4, -0.2) is 0 Å². The van der Waals surface area contributed by atoms with Gasteiger partial charge in [0.1, 0.15) is 0 Å². The second kappa shape index (κ2) is 3.94. The number of allylic oxidation sites excluding steroid dienone is 2. The third-order valence-corrected chi connectivity index (χ3v) is 2.82. The molecule has 0 fully saturated rings. The van der Waals surface area contributed by atoms with Gasteiger partial charge in [-0.1, -0.05) is 38.8 Å². The van der Waals surface area contributed by atoms with Crippen LogP contribution in [0.25, 0.3) is 0 Å². The summed E-state index contributed by atoms with van der Waals surface area (Å²) in [5.41, 5.74) is 1.70. The van der Waals surface area contributed by atoms with Crippen molar-refractivity contribution in [2.75, 3.05) is 0 Å². The van der Waals surface area contributed by atoms with Crippen LogP contribution in [0.5, 0.6) is 0 Å². The van der Waals surface area contributed by atoms with Gasteiger partial charge in [-0.15, -0.1) is 0 Å². The summed E-state index contributed by atoms with van der Waals surface area (Å²) in [6, 6.07) is 0. The minimum absolute atomic E-state index is 0.782. The summed E-state index contributed by atoms with van der Waals surface area (Å²) in [5.74, 6) is 1.77. The quantitative estimate of drug-likeness (QED) is 0.528. The van der Waals surface area contributed by atoms with E-state index >= 15 is 0 Å². The molecule has 0 aromatic rings. The van der Waals surface area contributed by atoms with Crippen LogP contribution in [0.3, 0.4) is 0 Å². The van der Waals surface area contributed by atoms with Crippen molar-refractivity contribution in [3.05, 3.63) is 11.6 Å². The summed E-state index contributed by atoms with van der Waals surface area (Å²) < 4.78 is 0. The smallest absolute Gasteiger partial charge is 0.0260 e. The first-order valence-electron chi connectivity index (χ1n) is 4.93. The third-order valence-electron chi connectivity index (χ3n) is 2.82. The van der Waals surface area contributed by atoms with Gasteiger partial charge in [0.2, 0.25) is 0 Å². The molecule has 11 heavy (non-hydrogen) atoms. The van der Waals surface area contributed by atoms with E-state index in [4.69, 9.17) is 0 Å².